The van der Waals surface area contributed by atoms with E-state index >= 15 is 0 Å². The number of amides is 1. The molecule has 136 valence electrons. The summed E-state index contributed by atoms with van der Waals surface area (Å²) >= 11 is 1.00. The van der Waals surface area contributed by atoms with Gasteiger partial charge in [-0.3, -0.25) is 10.1 Å². The average Bonchev–Trinajstić information content (AvgIpc) is 3.26. The summed E-state index contributed by atoms with van der Waals surface area (Å²) in [5.41, 5.74) is 1.20. The summed E-state index contributed by atoms with van der Waals surface area (Å²) in [6.45, 7) is 6.52. The van der Waals surface area contributed by atoms with Crippen LogP contribution in [-0.4, -0.2) is 38.9 Å². The molecule has 3 aromatic rings. The Labute approximate surface area is 153 Å². The minimum atomic E-state index is -0.394. The van der Waals surface area contributed by atoms with Crippen molar-refractivity contribution in [3.8, 4) is 23.0 Å². The van der Waals surface area contributed by atoms with Gasteiger partial charge in [0.25, 0.3) is 5.91 Å². The lowest BCUT2D eigenvalue weighted by atomic mass is 10.2. The molecule has 0 saturated heterocycles. The van der Waals surface area contributed by atoms with Crippen LogP contribution in [0.2, 0.25) is 0 Å². The Morgan fingerprint density at radius 3 is 2.62 bits per heavy atom. The van der Waals surface area contributed by atoms with Crippen molar-refractivity contribution >= 4 is 23.5 Å². The molecule has 3 rings (SSSR count). The number of aromatic nitrogens is 4. The second kappa shape index (κ2) is 7.91. The molecule has 0 atom stereocenters. The Morgan fingerprint density at radius 2 is 1.92 bits per heavy atom. The van der Waals surface area contributed by atoms with Gasteiger partial charge in [0.05, 0.1) is 18.9 Å². The Balaban J connectivity index is 1.80. The number of carbonyl (C=O) groups excluding carboxylic acids is 1. The Bertz CT molecular complexity index is 908. The zero-order valence-electron chi connectivity index (χ0n) is 14.5. The van der Waals surface area contributed by atoms with E-state index in [2.05, 4.69) is 25.1 Å². The van der Waals surface area contributed by atoms with Crippen molar-refractivity contribution in [2.24, 2.45) is 0 Å². The van der Waals surface area contributed by atoms with Crippen LogP contribution in [0.15, 0.2) is 22.6 Å². The van der Waals surface area contributed by atoms with Crippen molar-refractivity contribution < 1.29 is 18.7 Å². The second-order valence-corrected chi connectivity index (χ2v) is 5.84. The van der Waals surface area contributed by atoms with Gasteiger partial charge in [-0.1, -0.05) is 9.59 Å². The lowest BCUT2D eigenvalue weighted by molar-refractivity contribution is 0.102. The van der Waals surface area contributed by atoms with Crippen molar-refractivity contribution in [1.82, 2.24) is 19.8 Å². The molecular weight excluding hydrogens is 358 g/mol. The predicted molar refractivity (Wildman–Crippen MR) is 94.7 cm³/mol. The van der Waals surface area contributed by atoms with Crippen LogP contribution in [-0.2, 0) is 0 Å². The van der Waals surface area contributed by atoms with E-state index in [4.69, 9.17) is 13.9 Å². The highest BCUT2D eigenvalue weighted by Gasteiger charge is 2.18. The van der Waals surface area contributed by atoms with Gasteiger partial charge >= 0.3 is 6.01 Å². The van der Waals surface area contributed by atoms with E-state index in [0.717, 1.165) is 11.5 Å². The molecule has 26 heavy (non-hydrogen) atoms. The molecule has 1 N–H and O–H groups in total. The normalized spacial score (nSPS) is 10.6. The number of rotatable bonds is 7. The molecule has 10 heteroatoms. The van der Waals surface area contributed by atoms with Gasteiger partial charge in [-0.05, 0) is 50.5 Å². The molecule has 0 bridgehead atoms. The van der Waals surface area contributed by atoms with E-state index in [9.17, 15) is 4.79 Å². The number of anilines is 1. The third-order valence-electron chi connectivity index (χ3n) is 3.29. The zero-order chi connectivity index (χ0) is 18.5. The molecule has 0 aliphatic rings. The molecule has 1 aromatic carbocycles. The van der Waals surface area contributed by atoms with Gasteiger partial charge < -0.3 is 13.9 Å². The molecule has 0 aliphatic carbocycles. The highest BCUT2D eigenvalue weighted by Crippen LogP contribution is 2.32. The van der Waals surface area contributed by atoms with Crippen LogP contribution in [0.1, 0.15) is 29.2 Å². The summed E-state index contributed by atoms with van der Waals surface area (Å²) in [5.74, 6) is 1.08. The summed E-state index contributed by atoms with van der Waals surface area (Å²) < 4.78 is 20.4. The van der Waals surface area contributed by atoms with Crippen molar-refractivity contribution in [3.63, 3.8) is 0 Å². The van der Waals surface area contributed by atoms with Gasteiger partial charge in [-0.15, -0.1) is 10.2 Å². The highest BCUT2D eigenvalue weighted by molar-refractivity contribution is 7.08. The SMILES string of the molecule is CCOc1ccc(-c2nnc(NC(=O)c3snnc3C)o2)cc1OCC. The maximum atomic E-state index is 12.2. The van der Waals surface area contributed by atoms with Crippen LogP contribution < -0.4 is 14.8 Å². The molecular formula is C16H17N5O4S. The first-order chi connectivity index (χ1) is 12.6. The zero-order valence-corrected chi connectivity index (χ0v) is 15.3. The van der Waals surface area contributed by atoms with Crippen molar-refractivity contribution in [2.75, 3.05) is 18.5 Å². The lowest BCUT2D eigenvalue weighted by Gasteiger charge is -2.11. The highest BCUT2D eigenvalue weighted by atomic mass is 32.1. The smallest absolute Gasteiger partial charge is 0.322 e. The van der Waals surface area contributed by atoms with Crippen LogP contribution in [0.5, 0.6) is 11.5 Å². The standard InChI is InChI=1S/C16H17N5O4S/c1-4-23-11-7-6-10(8-12(11)24-5-2)15-19-20-16(25-15)17-14(22)13-9(3)18-21-26-13/h6-8H,4-5H2,1-3H3,(H,17,20,22). The maximum absolute atomic E-state index is 12.2. The van der Waals surface area contributed by atoms with Crippen LogP contribution in [0.25, 0.3) is 11.5 Å². The molecule has 0 radical (unpaired) electrons. The van der Waals surface area contributed by atoms with Gasteiger partial charge in [0, 0.05) is 5.56 Å². The van der Waals surface area contributed by atoms with E-state index in [1.54, 1.807) is 25.1 Å². The van der Waals surface area contributed by atoms with Crippen LogP contribution in [0.3, 0.4) is 0 Å². The fourth-order valence-corrected chi connectivity index (χ4v) is 2.72. The number of benzene rings is 1. The molecule has 2 heterocycles. The number of nitrogens with zero attached hydrogens (tertiary/aromatic N) is 4. The lowest BCUT2D eigenvalue weighted by Crippen LogP contribution is -2.11. The number of hydrogen-bond acceptors (Lipinski definition) is 9. The monoisotopic (exact) mass is 375 g/mol. The average molecular weight is 375 g/mol. The van der Waals surface area contributed by atoms with Crippen LogP contribution >= 0.6 is 11.5 Å². The number of aryl methyl sites for hydroxylation is 1. The third kappa shape index (κ3) is 3.80. The van der Waals surface area contributed by atoms with E-state index in [1.165, 1.54) is 0 Å². The first-order valence-electron chi connectivity index (χ1n) is 7.96. The largest absolute Gasteiger partial charge is 0.490 e. The fourth-order valence-electron chi connectivity index (χ4n) is 2.17. The molecule has 0 unspecified atom stereocenters. The summed E-state index contributed by atoms with van der Waals surface area (Å²) in [6.07, 6.45) is 0. The van der Waals surface area contributed by atoms with Crippen molar-refractivity contribution in [1.29, 1.82) is 0 Å². The van der Waals surface area contributed by atoms with E-state index in [0.29, 0.717) is 40.8 Å². The van der Waals surface area contributed by atoms with Gasteiger partial charge in [-0.25, -0.2) is 0 Å². The molecule has 2 aromatic heterocycles. The first kappa shape index (κ1) is 17.8. The van der Waals surface area contributed by atoms with E-state index in [-0.39, 0.29) is 11.9 Å². The van der Waals surface area contributed by atoms with Gasteiger partial charge in [-0.2, -0.15) is 0 Å². The summed E-state index contributed by atoms with van der Waals surface area (Å²) in [4.78, 5) is 12.5. The van der Waals surface area contributed by atoms with Gasteiger partial charge in [0.15, 0.2) is 11.5 Å². The number of hydrogen-bond donors (Lipinski definition) is 1. The third-order valence-corrected chi connectivity index (χ3v) is 4.12. The molecule has 0 aliphatic heterocycles. The molecule has 1 amide bonds. The van der Waals surface area contributed by atoms with Gasteiger partial charge in [0.1, 0.15) is 4.88 Å². The summed E-state index contributed by atoms with van der Waals surface area (Å²) in [7, 11) is 0. The van der Waals surface area contributed by atoms with E-state index in [1.807, 2.05) is 13.8 Å². The number of nitrogens with one attached hydrogen (secondary N) is 1. The van der Waals surface area contributed by atoms with E-state index < -0.39 is 5.91 Å². The molecule has 0 spiro atoms. The Hall–Kier alpha value is -3.01. The van der Waals surface area contributed by atoms with Crippen molar-refractivity contribution in [2.45, 2.75) is 20.8 Å². The molecule has 9 nitrogen and oxygen atoms in total. The van der Waals surface area contributed by atoms with Gasteiger partial charge in [0.2, 0.25) is 5.89 Å². The second-order valence-electron chi connectivity index (χ2n) is 5.08. The Morgan fingerprint density at radius 1 is 1.15 bits per heavy atom. The van der Waals surface area contributed by atoms with Crippen LogP contribution in [0.4, 0.5) is 6.01 Å². The van der Waals surface area contributed by atoms with Crippen LogP contribution in [0, 0.1) is 6.92 Å². The van der Waals surface area contributed by atoms with Crippen molar-refractivity contribution in [3.05, 3.63) is 28.8 Å². The topological polar surface area (TPSA) is 112 Å². The minimum Gasteiger partial charge on any atom is -0.490 e. The molecule has 0 saturated carbocycles. The summed E-state index contributed by atoms with van der Waals surface area (Å²) in [5, 5.41) is 14.2. The first-order valence-corrected chi connectivity index (χ1v) is 8.73. The predicted octanol–water partition coefficient (Wildman–Crippen LogP) is 2.95. The molecule has 0 fully saturated rings. The quantitative estimate of drug-likeness (QED) is 0.671. The maximum Gasteiger partial charge on any atom is 0.322 e. The summed E-state index contributed by atoms with van der Waals surface area (Å²) in [6, 6.07) is 5.30. The minimum absolute atomic E-state index is 0.00959. The fraction of sp³-hybridized carbons (Fsp3) is 0.312. The number of carbonyl (C=O) groups is 1. The number of ether oxygens (including phenoxy) is 2. The Kier molecular flexibility index (Phi) is 5.42.